The fourth-order valence-electron chi connectivity index (χ4n) is 1.34. The van der Waals surface area contributed by atoms with Crippen LogP contribution in [0.1, 0.15) is 5.56 Å². The van der Waals surface area contributed by atoms with Crippen molar-refractivity contribution in [3.05, 3.63) is 51.6 Å². The van der Waals surface area contributed by atoms with Crippen LogP contribution in [0.2, 0.25) is 0 Å². The van der Waals surface area contributed by atoms with Crippen LogP contribution >= 0.6 is 34.4 Å². The van der Waals surface area contributed by atoms with Gasteiger partial charge in [0.1, 0.15) is 0 Å². The SMILES string of the molecule is N#Cc1ccc(Sc2ccc(I)cc2N)cc1. The van der Waals surface area contributed by atoms with Gasteiger partial charge in [-0.15, -0.1) is 0 Å². The predicted molar refractivity (Wildman–Crippen MR) is 78.9 cm³/mol. The van der Waals surface area contributed by atoms with Gasteiger partial charge < -0.3 is 5.73 Å². The lowest BCUT2D eigenvalue weighted by Crippen LogP contribution is -1.89. The van der Waals surface area contributed by atoms with Crippen molar-refractivity contribution in [1.29, 1.82) is 5.26 Å². The minimum absolute atomic E-state index is 0.671. The van der Waals surface area contributed by atoms with Crippen LogP contribution in [0, 0.1) is 14.9 Å². The van der Waals surface area contributed by atoms with Crippen LogP contribution in [0.4, 0.5) is 5.69 Å². The van der Waals surface area contributed by atoms with Gasteiger partial charge in [-0.2, -0.15) is 5.26 Å². The van der Waals surface area contributed by atoms with Gasteiger partial charge >= 0.3 is 0 Å². The monoisotopic (exact) mass is 352 g/mol. The second-order valence-corrected chi connectivity index (χ2v) is 5.78. The molecular weight excluding hydrogens is 343 g/mol. The van der Waals surface area contributed by atoms with E-state index in [1.165, 1.54) is 0 Å². The molecule has 0 bridgehead atoms. The standard InChI is InChI=1S/C13H9IN2S/c14-10-3-6-13(12(16)7-10)17-11-4-1-9(8-15)2-5-11/h1-7H,16H2. The molecule has 4 heteroatoms. The van der Waals surface area contributed by atoms with Crippen molar-refractivity contribution >= 4 is 40.0 Å². The fraction of sp³-hybridized carbons (Fsp3) is 0. The van der Waals surface area contributed by atoms with Crippen LogP contribution < -0.4 is 5.73 Å². The van der Waals surface area contributed by atoms with Crippen molar-refractivity contribution in [3.63, 3.8) is 0 Å². The topological polar surface area (TPSA) is 49.8 Å². The summed E-state index contributed by atoms with van der Waals surface area (Å²) >= 11 is 3.84. The second-order valence-electron chi connectivity index (χ2n) is 3.42. The van der Waals surface area contributed by atoms with Gasteiger partial charge in [0.2, 0.25) is 0 Å². The molecule has 0 aliphatic rings. The minimum atomic E-state index is 0.671. The van der Waals surface area contributed by atoms with E-state index in [0.29, 0.717) is 5.56 Å². The third-order valence-corrected chi connectivity index (χ3v) is 3.95. The number of hydrogen-bond donors (Lipinski definition) is 1. The van der Waals surface area contributed by atoms with Crippen molar-refractivity contribution in [2.75, 3.05) is 5.73 Å². The number of halogens is 1. The van der Waals surface area contributed by atoms with Crippen LogP contribution in [0.3, 0.4) is 0 Å². The summed E-state index contributed by atoms with van der Waals surface area (Å²) in [5, 5.41) is 8.72. The molecule has 2 N–H and O–H groups in total. The predicted octanol–water partition coefficient (Wildman–Crippen LogP) is 3.90. The lowest BCUT2D eigenvalue weighted by atomic mass is 10.2. The van der Waals surface area contributed by atoms with E-state index in [-0.39, 0.29) is 0 Å². The van der Waals surface area contributed by atoms with E-state index in [0.717, 1.165) is 19.0 Å². The molecule has 0 amide bonds. The number of anilines is 1. The third kappa shape index (κ3) is 3.14. The smallest absolute Gasteiger partial charge is 0.0991 e. The summed E-state index contributed by atoms with van der Waals surface area (Å²) in [6.45, 7) is 0. The molecule has 0 saturated carbocycles. The summed E-state index contributed by atoms with van der Waals surface area (Å²) in [6, 6.07) is 15.6. The fourth-order valence-corrected chi connectivity index (χ4v) is 2.69. The lowest BCUT2D eigenvalue weighted by molar-refractivity contribution is 1.38. The largest absolute Gasteiger partial charge is 0.398 e. The Kier molecular flexibility index (Phi) is 3.92. The first-order valence-electron chi connectivity index (χ1n) is 4.92. The third-order valence-electron chi connectivity index (χ3n) is 2.18. The summed E-state index contributed by atoms with van der Waals surface area (Å²) in [7, 11) is 0. The second kappa shape index (κ2) is 5.43. The summed E-state index contributed by atoms with van der Waals surface area (Å²) in [5.74, 6) is 0. The maximum atomic E-state index is 8.72. The molecule has 0 heterocycles. The van der Waals surface area contributed by atoms with E-state index in [2.05, 4.69) is 28.7 Å². The summed E-state index contributed by atoms with van der Waals surface area (Å²) in [4.78, 5) is 2.12. The Labute approximate surface area is 118 Å². The van der Waals surface area contributed by atoms with E-state index in [4.69, 9.17) is 11.0 Å². The number of nitrogens with two attached hydrogens (primary N) is 1. The van der Waals surface area contributed by atoms with Crippen molar-refractivity contribution in [3.8, 4) is 6.07 Å². The number of nitrogens with zero attached hydrogens (tertiary/aromatic N) is 1. The first kappa shape index (κ1) is 12.3. The van der Waals surface area contributed by atoms with E-state index in [1.807, 2.05) is 42.5 Å². The Bertz CT molecular complexity index is 573. The molecule has 0 radical (unpaired) electrons. The molecule has 2 nitrogen and oxygen atoms in total. The molecule has 0 saturated heterocycles. The maximum absolute atomic E-state index is 8.72. The van der Waals surface area contributed by atoms with E-state index < -0.39 is 0 Å². The molecule has 84 valence electrons. The van der Waals surface area contributed by atoms with Crippen LogP contribution in [-0.2, 0) is 0 Å². The normalized spacial score (nSPS) is 9.88. The van der Waals surface area contributed by atoms with E-state index in [9.17, 15) is 0 Å². The quantitative estimate of drug-likeness (QED) is 0.659. The van der Waals surface area contributed by atoms with Gasteiger partial charge in [-0.3, -0.25) is 0 Å². The molecule has 0 aromatic heterocycles. The summed E-state index contributed by atoms with van der Waals surface area (Å²) in [6.07, 6.45) is 0. The molecular formula is C13H9IN2S. The van der Waals surface area contributed by atoms with Crippen LogP contribution in [-0.4, -0.2) is 0 Å². The van der Waals surface area contributed by atoms with E-state index in [1.54, 1.807) is 11.8 Å². The minimum Gasteiger partial charge on any atom is -0.398 e. The van der Waals surface area contributed by atoms with Crippen LogP contribution in [0.5, 0.6) is 0 Å². The molecule has 17 heavy (non-hydrogen) atoms. The Balaban J connectivity index is 2.23. The molecule has 0 spiro atoms. The van der Waals surface area contributed by atoms with Gasteiger partial charge in [0.15, 0.2) is 0 Å². The molecule has 0 atom stereocenters. The molecule has 0 fully saturated rings. The summed E-state index contributed by atoms with van der Waals surface area (Å²) < 4.78 is 1.13. The number of benzene rings is 2. The van der Waals surface area contributed by atoms with Gasteiger partial charge in [0.25, 0.3) is 0 Å². The maximum Gasteiger partial charge on any atom is 0.0991 e. The van der Waals surface area contributed by atoms with Crippen molar-refractivity contribution < 1.29 is 0 Å². The highest BCUT2D eigenvalue weighted by atomic mass is 127. The highest BCUT2D eigenvalue weighted by Gasteiger charge is 2.02. The first-order chi connectivity index (χ1) is 8.19. The van der Waals surface area contributed by atoms with Gasteiger partial charge in [-0.25, -0.2) is 0 Å². The average molecular weight is 352 g/mol. The highest BCUT2D eigenvalue weighted by Crippen LogP contribution is 2.32. The van der Waals surface area contributed by atoms with Gasteiger partial charge in [-0.05, 0) is 65.1 Å². The Hall–Kier alpha value is -1.19. The van der Waals surface area contributed by atoms with Gasteiger partial charge in [0, 0.05) is 19.0 Å². The zero-order chi connectivity index (χ0) is 12.3. The van der Waals surface area contributed by atoms with Crippen LogP contribution in [0.15, 0.2) is 52.3 Å². The molecule has 0 aliphatic carbocycles. The van der Waals surface area contributed by atoms with Crippen molar-refractivity contribution in [1.82, 2.24) is 0 Å². The van der Waals surface area contributed by atoms with Crippen molar-refractivity contribution in [2.45, 2.75) is 9.79 Å². The molecule has 0 unspecified atom stereocenters. The highest BCUT2D eigenvalue weighted by molar-refractivity contribution is 14.1. The lowest BCUT2D eigenvalue weighted by Gasteiger charge is -2.05. The van der Waals surface area contributed by atoms with Crippen molar-refractivity contribution in [2.24, 2.45) is 0 Å². The number of hydrogen-bond acceptors (Lipinski definition) is 3. The van der Waals surface area contributed by atoms with Crippen LogP contribution in [0.25, 0.3) is 0 Å². The first-order valence-corrected chi connectivity index (χ1v) is 6.81. The van der Waals surface area contributed by atoms with E-state index >= 15 is 0 Å². The molecule has 2 rings (SSSR count). The molecule has 2 aromatic carbocycles. The average Bonchev–Trinajstić information content (AvgIpc) is 2.34. The molecule has 2 aromatic rings. The summed E-state index contributed by atoms with van der Waals surface area (Å²) in [5.41, 5.74) is 7.40. The number of nitrogen functional groups attached to an aromatic ring is 1. The number of nitriles is 1. The zero-order valence-electron chi connectivity index (χ0n) is 8.85. The van der Waals surface area contributed by atoms with Gasteiger partial charge in [-0.1, -0.05) is 11.8 Å². The Morgan fingerprint density at radius 1 is 1.12 bits per heavy atom. The van der Waals surface area contributed by atoms with Gasteiger partial charge in [0.05, 0.1) is 11.6 Å². The molecule has 0 aliphatic heterocycles. The zero-order valence-corrected chi connectivity index (χ0v) is 11.8. The number of rotatable bonds is 2. The Morgan fingerprint density at radius 2 is 1.82 bits per heavy atom. The Morgan fingerprint density at radius 3 is 2.41 bits per heavy atom.